The van der Waals surface area contributed by atoms with E-state index in [0.29, 0.717) is 0 Å². The van der Waals surface area contributed by atoms with Crippen LogP contribution in [0.2, 0.25) is 0 Å². The zero-order chi connectivity index (χ0) is 19.5. The van der Waals surface area contributed by atoms with Crippen molar-refractivity contribution >= 4 is 34.5 Å². The third-order valence-electron chi connectivity index (χ3n) is 6.13. The van der Waals surface area contributed by atoms with Gasteiger partial charge in [-0.25, -0.2) is 0 Å². The van der Waals surface area contributed by atoms with Crippen LogP contribution in [-0.2, 0) is 9.31 Å². The van der Waals surface area contributed by atoms with E-state index >= 15 is 0 Å². The van der Waals surface area contributed by atoms with Crippen molar-refractivity contribution in [2.45, 2.75) is 38.9 Å². The highest BCUT2D eigenvalue weighted by Crippen LogP contribution is 2.37. The van der Waals surface area contributed by atoms with Crippen LogP contribution in [-0.4, -0.2) is 18.3 Å². The first-order chi connectivity index (χ1) is 13.3. The number of hydrogen-bond donors (Lipinski definition) is 0. The van der Waals surface area contributed by atoms with Crippen molar-refractivity contribution < 1.29 is 13.7 Å². The number of fused-ring (bicyclic) bond motifs is 3. The molecule has 5 rings (SSSR count). The third kappa shape index (κ3) is 2.68. The van der Waals surface area contributed by atoms with Crippen molar-refractivity contribution in [3.63, 3.8) is 0 Å². The van der Waals surface area contributed by atoms with E-state index in [9.17, 15) is 0 Å². The summed E-state index contributed by atoms with van der Waals surface area (Å²) in [4.78, 5) is 0. The van der Waals surface area contributed by atoms with Gasteiger partial charge in [-0.15, -0.1) is 0 Å². The van der Waals surface area contributed by atoms with E-state index in [-0.39, 0.29) is 18.3 Å². The van der Waals surface area contributed by atoms with Gasteiger partial charge < -0.3 is 13.7 Å². The van der Waals surface area contributed by atoms with Crippen LogP contribution < -0.4 is 5.46 Å². The largest absolute Gasteiger partial charge is 0.494 e. The SMILES string of the molecule is CC1(C)OB(c2ccc3c(c2)oc2ccc(-c4ccccc4)cc23)OC1(C)C. The quantitative estimate of drug-likeness (QED) is 0.434. The molecule has 0 spiro atoms. The first-order valence-corrected chi connectivity index (χ1v) is 9.71. The van der Waals surface area contributed by atoms with Crippen molar-refractivity contribution in [3.05, 3.63) is 66.7 Å². The van der Waals surface area contributed by atoms with Crippen LogP contribution in [0.3, 0.4) is 0 Å². The summed E-state index contributed by atoms with van der Waals surface area (Å²) in [5.74, 6) is 0. The van der Waals surface area contributed by atoms with Gasteiger partial charge in [0.15, 0.2) is 0 Å². The van der Waals surface area contributed by atoms with Crippen LogP contribution in [0.25, 0.3) is 33.1 Å². The first-order valence-electron chi connectivity index (χ1n) is 9.71. The molecule has 4 aromatic rings. The number of furan rings is 1. The molecule has 0 atom stereocenters. The second-order valence-corrected chi connectivity index (χ2v) is 8.52. The highest BCUT2D eigenvalue weighted by Gasteiger charge is 2.51. The maximum atomic E-state index is 6.19. The summed E-state index contributed by atoms with van der Waals surface area (Å²) in [7, 11) is -0.387. The topological polar surface area (TPSA) is 31.6 Å². The second kappa shape index (κ2) is 5.97. The molecule has 4 heteroatoms. The fraction of sp³-hybridized carbons (Fsp3) is 0.250. The van der Waals surface area contributed by atoms with Gasteiger partial charge >= 0.3 is 7.12 Å². The van der Waals surface area contributed by atoms with Gasteiger partial charge in [-0.05, 0) is 62.5 Å². The minimum absolute atomic E-state index is 0.356. The smallest absolute Gasteiger partial charge is 0.456 e. The summed E-state index contributed by atoms with van der Waals surface area (Å²) >= 11 is 0. The Kier molecular flexibility index (Phi) is 3.74. The molecule has 0 aliphatic carbocycles. The van der Waals surface area contributed by atoms with Gasteiger partial charge in [0, 0.05) is 10.8 Å². The van der Waals surface area contributed by atoms with Crippen LogP contribution in [0.15, 0.2) is 71.1 Å². The summed E-state index contributed by atoms with van der Waals surface area (Å²) < 4.78 is 18.5. The van der Waals surface area contributed by atoms with Crippen molar-refractivity contribution in [2.24, 2.45) is 0 Å². The molecule has 0 amide bonds. The standard InChI is InChI=1S/C24H23BO3/c1-23(2)24(3,4)28-25(27-23)18-11-12-19-20-14-17(16-8-6-5-7-9-16)10-13-21(20)26-22(19)15-18/h5-15H,1-4H3. The van der Waals surface area contributed by atoms with Gasteiger partial charge in [0.2, 0.25) is 0 Å². The van der Waals surface area contributed by atoms with E-state index in [1.807, 2.05) is 18.2 Å². The second-order valence-electron chi connectivity index (χ2n) is 8.52. The van der Waals surface area contributed by atoms with E-state index in [4.69, 9.17) is 13.7 Å². The molecular weight excluding hydrogens is 347 g/mol. The lowest BCUT2D eigenvalue weighted by Crippen LogP contribution is -2.41. The highest BCUT2D eigenvalue weighted by atomic mass is 16.7. The molecule has 1 aliphatic rings. The molecular formula is C24H23BO3. The molecule has 0 unspecified atom stereocenters. The van der Waals surface area contributed by atoms with Crippen LogP contribution in [0.5, 0.6) is 0 Å². The van der Waals surface area contributed by atoms with Gasteiger partial charge in [-0.3, -0.25) is 0 Å². The highest BCUT2D eigenvalue weighted by molar-refractivity contribution is 6.62. The Morgan fingerprint density at radius 3 is 2.07 bits per heavy atom. The Labute approximate surface area is 165 Å². The summed E-state index contributed by atoms with van der Waals surface area (Å²) in [5.41, 5.74) is 4.40. The fourth-order valence-corrected chi connectivity index (χ4v) is 3.73. The van der Waals surface area contributed by atoms with Crippen LogP contribution in [0.4, 0.5) is 0 Å². The van der Waals surface area contributed by atoms with E-state index < -0.39 is 0 Å². The monoisotopic (exact) mass is 370 g/mol. The van der Waals surface area contributed by atoms with Crippen LogP contribution in [0, 0.1) is 0 Å². The molecule has 140 valence electrons. The average molecular weight is 370 g/mol. The zero-order valence-electron chi connectivity index (χ0n) is 16.7. The Balaban J connectivity index is 1.57. The number of benzene rings is 3. The molecule has 0 bridgehead atoms. The Morgan fingerprint density at radius 2 is 1.36 bits per heavy atom. The molecule has 1 saturated heterocycles. The lowest BCUT2D eigenvalue weighted by Gasteiger charge is -2.32. The molecule has 2 heterocycles. The first kappa shape index (κ1) is 17.5. The normalized spacial score (nSPS) is 18.2. The van der Waals surface area contributed by atoms with E-state index in [1.165, 1.54) is 11.1 Å². The van der Waals surface area contributed by atoms with E-state index in [2.05, 4.69) is 76.2 Å². The van der Waals surface area contributed by atoms with Crippen molar-refractivity contribution in [2.75, 3.05) is 0 Å². The van der Waals surface area contributed by atoms with Gasteiger partial charge in [0.1, 0.15) is 11.2 Å². The van der Waals surface area contributed by atoms with E-state index in [0.717, 1.165) is 27.4 Å². The minimum atomic E-state index is -0.387. The van der Waals surface area contributed by atoms with Gasteiger partial charge in [-0.2, -0.15) is 0 Å². The molecule has 3 nitrogen and oxygen atoms in total. The fourth-order valence-electron chi connectivity index (χ4n) is 3.73. The van der Waals surface area contributed by atoms with Crippen LogP contribution >= 0.6 is 0 Å². The summed E-state index contributed by atoms with van der Waals surface area (Å²) in [6.45, 7) is 8.27. The lowest BCUT2D eigenvalue weighted by molar-refractivity contribution is 0.00578. The Morgan fingerprint density at radius 1 is 0.643 bits per heavy atom. The molecule has 0 saturated carbocycles. The number of hydrogen-bond acceptors (Lipinski definition) is 3. The van der Waals surface area contributed by atoms with Crippen molar-refractivity contribution in [1.29, 1.82) is 0 Å². The maximum absolute atomic E-state index is 6.19. The molecule has 28 heavy (non-hydrogen) atoms. The molecule has 1 fully saturated rings. The van der Waals surface area contributed by atoms with Crippen molar-refractivity contribution in [1.82, 2.24) is 0 Å². The predicted molar refractivity (Wildman–Crippen MR) is 115 cm³/mol. The van der Waals surface area contributed by atoms with Gasteiger partial charge in [-0.1, -0.05) is 48.5 Å². The molecule has 1 aromatic heterocycles. The molecule has 0 radical (unpaired) electrons. The Bertz CT molecular complexity index is 1160. The summed E-state index contributed by atoms with van der Waals surface area (Å²) in [6.07, 6.45) is 0. The molecule has 0 N–H and O–H groups in total. The lowest BCUT2D eigenvalue weighted by atomic mass is 9.79. The van der Waals surface area contributed by atoms with Crippen molar-refractivity contribution in [3.8, 4) is 11.1 Å². The maximum Gasteiger partial charge on any atom is 0.494 e. The van der Waals surface area contributed by atoms with Gasteiger partial charge in [0.05, 0.1) is 11.2 Å². The predicted octanol–water partition coefficient (Wildman–Crippen LogP) is 5.55. The Hall–Kier alpha value is -2.56. The average Bonchev–Trinajstić information content (AvgIpc) is 3.14. The summed E-state index contributed by atoms with van der Waals surface area (Å²) in [6, 6.07) is 23.0. The third-order valence-corrected chi connectivity index (χ3v) is 6.13. The number of rotatable bonds is 2. The molecule has 1 aliphatic heterocycles. The van der Waals surface area contributed by atoms with Gasteiger partial charge in [0.25, 0.3) is 0 Å². The molecule has 3 aromatic carbocycles. The van der Waals surface area contributed by atoms with E-state index in [1.54, 1.807) is 0 Å². The van der Waals surface area contributed by atoms with Crippen LogP contribution in [0.1, 0.15) is 27.7 Å². The summed E-state index contributed by atoms with van der Waals surface area (Å²) in [5, 5.41) is 2.23. The minimum Gasteiger partial charge on any atom is -0.456 e. The zero-order valence-corrected chi connectivity index (χ0v) is 16.7.